The maximum absolute atomic E-state index is 11.8. The first kappa shape index (κ1) is 43.3. The summed E-state index contributed by atoms with van der Waals surface area (Å²) in [6, 6.07) is 82.0. The fourth-order valence-corrected chi connectivity index (χ4v) is 11.3. The van der Waals surface area contributed by atoms with Gasteiger partial charge in [-0.15, -0.1) is 0 Å². The molecule has 0 saturated carbocycles. The maximum atomic E-state index is 11.8. The Hall–Kier alpha value is -9.78. The lowest BCUT2D eigenvalue weighted by Gasteiger charge is -2.34. The van der Waals surface area contributed by atoms with Crippen molar-refractivity contribution in [2.75, 3.05) is 0 Å². The largest absolute Gasteiger partial charge is 0.478 e. The Bertz CT molecular complexity index is 3930. The molecule has 6 heteroatoms. The van der Waals surface area contributed by atoms with Crippen molar-refractivity contribution in [3.05, 3.63) is 276 Å². The molecule has 12 aromatic rings. The van der Waals surface area contributed by atoms with Crippen molar-refractivity contribution in [1.82, 2.24) is 0 Å². The fraction of sp³-hybridized carbons (Fsp3) is 0.0149. The van der Waals surface area contributed by atoms with Crippen LogP contribution in [0.4, 0.5) is 0 Å². The third kappa shape index (κ3) is 7.10. The highest BCUT2D eigenvalue weighted by Gasteiger charge is 2.46. The second-order valence-electron chi connectivity index (χ2n) is 18.5. The molecule has 1 aliphatic rings. The van der Waals surface area contributed by atoms with Gasteiger partial charge < -0.3 is 19.7 Å². The van der Waals surface area contributed by atoms with Gasteiger partial charge in [0.15, 0.2) is 0 Å². The Balaban J connectivity index is 1.04. The zero-order chi connectivity index (χ0) is 49.2. The van der Waals surface area contributed by atoms with E-state index in [2.05, 4.69) is 170 Å². The molecule has 0 bridgehead atoms. The van der Waals surface area contributed by atoms with E-state index in [0.29, 0.717) is 23.0 Å². The van der Waals surface area contributed by atoms with E-state index in [1.54, 1.807) is 48.5 Å². The third-order valence-electron chi connectivity index (χ3n) is 14.6. The number of hydrogen-bond acceptors (Lipinski definition) is 4. The smallest absolute Gasteiger partial charge is 0.335 e. The standard InChI is InChI=1S/C67H42O6/c68-65(69)43-23-31-49(32-24-43)72-61-37-27-45-39-47(29-35-53(45)63(61)57-19-9-13-41-11-1-3-15-51(41)57)67(59-21-7-5-17-55(59)56-18-6-8-22-60(56)67)48-30-36-54-46(40-48)28-38-62(73-50-33-25-44(26-34-50)66(70)71)64(54)58-20-10-14-42-12-2-4-16-52(42)58/h1-40H,(H,68,69)(H,70,71). The van der Waals surface area contributed by atoms with Crippen LogP contribution in [0.25, 0.3) is 76.5 Å². The van der Waals surface area contributed by atoms with E-state index < -0.39 is 17.4 Å². The van der Waals surface area contributed by atoms with Gasteiger partial charge in [-0.05, 0) is 160 Å². The summed E-state index contributed by atoms with van der Waals surface area (Å²) in [5.41, 5.74) is 10.5. The highest BCUT2D eigenvalue weighted by Crippen LogP contribution is 2.57. The summed E-state index contributed by atoms with van der Waals surface area (Å²) >= 11 is 0. The molecule has 0 aliphatic heterocycles. The molecule has 0 aromatic heterocycles. The van der Waals surface area contributed by atoms with Crippen LogP contribution < -0.4 is 9.47 Å². The van der Waals surface area contributed by atoms with Gasteiger partial charge in [0, 0.05) is 11.1 Å². The summed E-state index contributed by atoms with van der Waals surface area (Å²) in [5.74, 6) is 0.395. The summed E-state index contributed by atoms with van der Waals surface area (Å²) in [5, 5.41) is 27.7. The molecule has 73 heavy (non-hydrogen) atoms. The summed E-state index contributed by atoms with van der Waals surface area (Å²) in [6.45, 7) is 0. The second kappa shape index (κ2) is 17.3. The van der Waals surface area contributed by atoms with E-state index in [1.165, 1.54) is 22.3 Å². The van der Waals surface area contributed by atoms with E-state index in [-0.39, 0.29) is 11.1 Å². The van der Waals surface area contributed by atoms with Gasteiger partial charge in [-0.1, -0.05) is 170 Å². The molecule has 0 fully saturated rings. The Morgan fingerprint density at radius 3 is 1.15 bits per heavy atom. The molecule has 12 aromatic carbocycles. The zero-order valence-electron chi connectivity index (χ0n) is 39.1. The first-order chi connectivity index (χ1) is 35.8. The number of hydrogen-bond donors (Lipinski definition) is 2. The Morgan fingerprint density at radius 2 is 0.712 bits per heavy atom. The normalized spacial score (nSPS) is 12.4. The van der Waals surface area contributed by atoms with Gasteiger partial charge in [0.05, 0.1) is 16.5 Å². The third-order valence-corrected chi connectivity index (χ3v) is 14.6. The van der Waals surface area contributed by atoms with Crippen molar-refractivity contribution < 1.29 is 29.3 Å². The average molecular weight is 943 g/mol. The van der Waals surface area contributed by atoms with Crippen LogP contribution in [0.5, 0.6) is 23.0 Å². The predicted molar refractivity (Wildman–Crippen MR) is 292 cm³/mol. The molecular weight excluding hydrogens is 901 g/mol. The number of carbonyl (C=O) groups is 2. The van der Waals surface area contributed by atoms with Crippen molar-refractivity contribution in [3.63, 3.8) is 0 Å². The number of rotatable bonds is 10. The van der Waals surface area contributed by atoms with Crippen LogP contribution in [0.3, 0.4) is 0 Å². The molecule has 346 valence electrons. The minimum Gasteiger partial charge on any atom is -0.478 e. The topological polar surface area (TPSA) is 93.1 Å². The fourth-order valence-electron chi connectivity index (χ4n) is 11.3. The van der Waals surface area contributed by atoms with E-state index >= 15 is 0 Å². The minimum absolute atomic E-state index is 0.189. The van der Waals surface area contributed by atoms with Gasteiger partial charge in [0.1, 0.15) is 23.0 Å². The molecule has 0 amide bonds. The van der Waals surface area contributed by atoms with E-state index in [1.807, 2.05) is 24.3 Å². The van der Waals surface area contributed by atoms with Crippen molar-refractivity contribution in [3.8, 4) is 56.4 Å². The molecule has 2 N–H and O–H groups in total. The van der Waals surface area contributed by atoms with E-state index in [0.717, 1.165) is 76.5 Å². The molecule has 13 rings (SSSR count). The van der Waals surface area contributed by atoms with Crippen molar-refractivity contribution in [2.45, 2.75) is 5.41 Å². The van der Waals surface area contributed by atoms with Crippen molar-refractivity contribution in [2.24, 2.45) is 0 Å². The summed E-state index contributed by atoms with van der Waals surface area (Å²) in [4.78, 5) is 23.5. The van der Waals surface area contributed by atoms with Gasteiger partial charge in [-0.3, -0.25) is 0 Å². The van der Waals surface area contributed by atoms with E-state index in [9.17, 15) is 19.8 Å². The Kier molecular flexibility index (Phi) is 10.2. The summed E-state index contributed by atoms with van der Waals surface area (Å²) in [6.07, 6.45) is 0. The lowest BCUT2D eigenvalue weighted by atomic mass is 9.67. The van der Waals surface area contributed by atoms with Crippen molar-refractivity contribution >= 4 is 55.0 Å². The number of aromatic carboxylic acids is 2. The van der Waals surface area contributed by atoms with Gasteiger partial charge >= 0.3 is 11.9 Å². The van der Waals surface area contributed by atoms with Crippen LogP contribution in [0.15, 0.2) is 243 Å². The van der Waals surface area contributed by atoms with Crippen LogP contribution >= 0.6 is 0 Å². The first-order valence-electron chi connectivity index (χ1n) is 24.2. The molecule has 0 radical (unpaired) electrons. The molecule has 0 unspecified atom stereocenters. The Morgan fingerprint density at radius 1 is 0.329 bits per heavy atom. The summed E-state index contributed by atoms with van der Waals surface area (Å²) < 4.78 is 13.4. The van der Waals surface area contributed by atoms with Crippen LogP contribution in [0, 0.1) is 0 Å². The molecule has 0 saturated heterocycles. The van der Waals surface area contributed by atoms with Gasteiger partial charge in [-0.2, -0.15) is 0 Å². The minimum atomic E-state index is -0.994. The first-order valence-corrected chi connectivity index (χ1v) is 24.2. The highest BCUT2D eigenvalue weighted by molar-refractivity contribution is 6.10. The van der Waals surface area contributed by atoms with E-state index in [4.69, 9.17) is 9.47 Å². The van der Waals surface area contributed by atoms with Crippen LogP contribution in [-0.2, 0) is 5.41 Å². The van der Waals surface area contributed by atoms with Crippen LogP contribution in [-0.4, -0.2) is 22.2 Å². The zero-order valence-corrected chi connectivity index (χ0v) is 39.1. The SMILES string of the molecule is O=C(O)c1ccc(Oc2ccc3cc(C4(c5ccc6c(-c7cccc8ccccc78)c(Oc7ccc(C(=O)O)cc7)ccc6c5)c5ccccc5-c5ccccc54)ccc3c2-c2cccc3ccccc23)cc1. The lowest BCUT2D eigenvalue weighted by molar-refractivity contribution is 0.0686. The molecule has 1 aliphatic carbocycles. The molecule has 0 heterocycles. The lowest BCUT2D eigenvalue weighted by Crippen LogP contribution is -2.28. The number of carboxylic acid groups (broad SMARTS) is 2. The van der Waals surface area contributed by atoms with Crippen LogP contribution in [0.2, 0.25) is 0 Å². The number of carboxylic acids is 2. The monoisotopic (exact) mass is 942 g/mol. The molecule has 0 atom stereocenters. The quantitative estimate of drug-likeness (QED) is 0.142. The Labute approximate surface area is 420 Å². The molecule has 6 nitrogen and oxygen atoms in total. The maximum Gasteiger partial charge on any atom is 0.335 e. The number of ether oxygens (including phenoxy) is 2. The number of fused-ring (bicyclic) bond motifs is 7. The van der Waals surface area contributed by atoms with Crippen molar-refractivity contribution in [1.29, 1.82) is 0 Å². The number of benzene rings is 12. The van der Waals surface area contributed by atoms with Gasteiger partial charge in [0.25, 0.3) is 0 Å². The summed E-state index contributed by atoms with van der Waals surface area (Å²) in [7, 11) is 0. The predicted octanol–water partition coefficient (Wildman–Crippen LogP) is 17.0. The second-order valence-corrected chi connectivity index (χ2v) is 18.5. The van der Waals surface area contributed by atoms with Gasteiger partial charge in [0.2, 0.25) is 0 Å². The van der Waals surface area contributed by atoms with Gasteiger partial charge in [-0.25, -0.2) is 9.59 Å². The molecular formula is C67H42O6. The average Bonchev–Trinajstić information content (AvgIpc) is 3.74. The highest BCUT2D eigenvalue weighted by atomic mass is 16.5. The van der Waals surface area contributed by atoms with Crippen LogP contribution in [0.1, 0.15) is 43.0 Å². The molecule has 0 spiro atoms.